The van der Waals surface area contributed by atoms with Gasteiger partial charge < -0.3 is 20.5 Å². The van der Waals surface area contributed by atoms with E-state index in [2.05, 4.69) is 15.0 Å². The minimum absolute atomic E-state index is 0.159. The van der Waals surface area contributed by atoms with Gasteiger partial charge in [-0.1, -0.05) is 30.3 Å². The van der Waals surface area contributed by atoms with Crippen molar-refractivity contribution in [2.75, 3.05) is 30.0 Å². The van der Waals surface area contributed by atoms with Crippen molar-refractivity contribution < 1.29 is 14.4 Å². The van der Waals surface area contributed by atoms with E-state index in [0.717, 1.165) is 5.56 Å². The number of rotatable bonds is 7. The third-order valence-electron chi connectivity index (χ3n) is 3.80. The van der Waals surface area contributed by atoms with Crippen LogP contribution in [-0.2, 0) is 11.0 Å². The van der Waals surface area contributed by atoms with Crippen molar-refractivity contribution in [1.82, 2.24) is 19.6 Å². The fourth-order valence-electron chi connectivity index (χ4n) is 2.52. The van der Waals surface area contributed by atoms with Gasteiger partial charge in [-0.05, 0) is 12.0 Å². The molecule has 0 bridgehead atoms. The van der Waals surface area contributed by atoms with Crippen molar-refractivity contribution in [3.05, 3.63) is 48.5 Å². The minimum Gasteiger partial charge on any atom is -0.382 e. The number of nitrogens with zero attached hydrogens (tertiary/aromatic N) is 5. The summed E-state index contributed by atoms with van der Waals surface area (Å²) in [5.41, 5.74) is 7.90. The van der Waals surface area contributed by atoms with Crippen LogP contribution in [0.3, 0.4) is 0 Å². The topological polar surface area (TPSA) is 130 Å². The summed E-state index contributed by atoms with van der Waals surface area (Å²) in [6.07, 6.45) is 3.33. The highest BCUT2D eigenvalue weighted by Gasteiger charge is 2.18. The van der Waals surface area contributed by atoms with Crippen LogP contribution in [0.15, 0.2) is 43.0 Å². The Morgan fingerprint density at radius 1 is 1.12 bits per heavy atom. The van der Waals surface area contributed by atoms with E-state index >= 15 is 0 Å². The SMILES string of the molecule is Nc1ncnc2c1ncn2N(CCc1ccccc1)CCP(=O)(O)O. The van der Waals surface area contributed by atoms with Crippen LogP contribution in [0.25, 0.3) is 11.2 Å². The van der Waals surface area contributed by atoms with E-state index in [4.69, 9.17) is 5.73 Å². The predicted molar refractivity (Wildman–Crippen MR) is 94.7 cm³/mol. The summed E-state index contributed by atoms with van der Waals surface area (Å²) in [5.74, 6) is 0.266. The van der Waals surface area contributed by atoms with Crippen molar-refractivity contribution in [2.24, 2.45) is 0 Å². The first-order valence-corrected chi connectivity index (χ1v) is 9.51. The van der Waals surface area contributed by atoms with E-state index in [1.54, 1.807) is 16.0 Å². The highest BCUT2D eigenvalue weighted by Crippen LogP contribution is 2.33. The summed E-state index contributed by atoms with van der Waals surface area (Å²) in [7, 11) is -4.12. The molecule has 132 valence electrons. The Hall–Kier alpha value is -2.48. The second-order valence-corrected chi connectivity index (χ2v) is 7.37. The molecule has 0 aliphatic heterocycles. The van der Waals surface area contributed by atoms with E-state index in [1.807, 2.05) is 30.3 Å². The Kier molecular flexibility index (Phi) is 4.98. The highest BCUT2D eigenvalue weighted by atomic mass is 31.2. The predicted octanol–water partition coefficient (Wildman–Crippen LogP) is 0.767. The minimum atomic E-state index is -4.12. The quantitative estimate of drug-likeness (QED) is 0.525. The fraction of sp³-hybridized carbons (Fsp3) is 0.267. The molecule has 0 saturated carbocycles. The standard InChI is InChI=1S/C15H19N6O3P/c16-14-13-15(18-10-17-14)21(11-19-13)20(8-9-25(22,23)24)7-6-12-4-2-1-3-5-12/h1-5,10-11H,6-9H2,(H2,16,17,18)(H2,22,23,24). The average Bonchev–Trinajstić information content (AvgIpc) is 3.00. The molecule has 0 amide bonds. The first kappa shape index (κ1) is 17.3. The van der Waals surface area contributed by atoms with Crippen molar-refractivity contribution >= 4 is 24.6 Å². The molecule has 0 fully saturated rings. The molecule has 2 heterocycles. The number of fused-ring (bicyclic) bond motifs is 1. The van der Waals surface area contributed by atoms with Crippen LogP contribution in [0.5, 0.6) is 0 Å². The zero-order valence-electron chi connectivity index (χ0n) is 13.4. The zero-order valence-corrected chi connectivity index (χ0v) is 14.3. The molecule has 0 atom stereocenters. The lowest BCUT2D eigenvalue weighted by Crippen LogP contribution is -2.38. The van der Waals surface area contributed by atoms with E-state index in [-0.39, 0.29) is 18.5 Å². The Morgan fingerprint density at radius 3 is 2.60 bits per heavy atom. The van der Waals surface area contributed by atoms with Crippen molar-refractivity contribution in [3.8, 4) is 0 Å². The molecule has 0 unspecified atom stereocenters. The van der Waals surface area contributed by atoms with Crippen LogP contribution < -0.4 is 10.7 Å². The molecular weight excluding hydrogens is 343 g/mol. The Labute approximate surface area is 144 Å². The molecule has 0 aliphatic rings. The summed E-state index contributed by atoms with van der Waals surface area (Å²) < 4.78 is 13.0. The number of hydrogen-bond acceptors (Lipinski definition) is 6. The normalized spacial score (nSPS) is 11.8. The third-order valence-corrected chi connectivity index (χ3v) is 4.58. The molecule has 0 spiro atoms. The van der Waals surface area contributed by atoms with Gasteiger partial charge in [0, 0.05) is 13.1 Å². The van der Waals surface area contributed by atoms with Gasteiger partial charge in [0.1, 0.15) is 12.7 Å². The lowest BCUT2D eigenvalue weighted by atomic mass is 10.1. The van der Waals surface area contributed by atoms with Crippen LogP contribution in [0, 0.1) is 0 Å². The summed E-state index contributed by atoms with van der Waals surface area (Å²) >= 11 is 0. The summed E-state index contributed by atoms with van der Waals surface area (Å²) in [6.45, 7) is 0.700. The van der Waals surface area contributed by atoms with Gasteiger partial charge in [-0.3, -0.25) is 4.57 Å². The van der Waals surface area contributed by atoms with Gasteiger partial charge in [-0.2, -0.15) is 0 Å². The van der Waals surface area contributed by atoms with Gasteiger partial charge in [-0.15, -0.1) is 0 Å². The van der Waals surface area contributed by atoms with Crippen LogP contribution in [0.1, 0.15) is 5.56 Å². The van der Waals surface area contributed by atoms with Gasteiger partial charge in [0.05, 0.1) is 6.16 Å². The second-order valence-electron chi connectivity index (χ2n) is 5.60. The number of benzene rings is 1. The summed E-state index contributed by atoms with van der Waals surface area (Å²) in [5, 5.41) is 1.80. The fourth-order valence-corrected chi connectivity index (χ4v) is 3.02. The lowest BCUT2D eigenvalue weighted by Gasteiger charge is -2.26. The molecule has 0 radical (unpaired) electrons. The number of aromatic nitrogens is 4. The zero-order chi connectivity index (χ0) is 17.9. The lowest BCUT2D eigenvalue weighted by molar-refractivity contribution is 0.371. The maximum Gasteiger partial charge on any atom is 0.327 e. The monoisotopic (exact) mass is 362 g/mol. The van der Waals surface area contributed by atoms with E-state index in [0.29, 0.717) is 24.1 Å². The molecule has 4 N–H and O–H groups in total. The molecule has 25 heavy (non-hydrogen) atoms. The van der Waals surface area contributed by atoms with E-state index < -0.39 is 7.60 Å². The molecule has 3 rings (SSSR count). The second kappa shape index (κ2) is 7.18. The Balaban J connectivity index is 1.86. The van der Waals surface area contributed by atoms with Crippen molar-refractivity contribution in [2.45, 2.75) is 6.42 Å². The van der Waals surface area contributed by atoms with Crippen LogP contribution in [0.2, 0.25) is 0 Å². The molecule has 10 heteroatoms. The van der Waals surface area contributed by atoms with Crippen LogP contribution in [-0.4, -0.2) is 48.7 Å². The molecule has 2 aromatic heterocycles. The van der Waals surface area contributed by atoms with Crippen LogP contribution >= 0.6 is 7.60 Å². The van der Waals surface area contributed by atoms with Crippen molar-refractivity contribution in [3.63, 3.8) is 0 Å². The third kappa shape index (κ3) is 4.33. The highest BCUT2D eigenvalue weighted by molar-refractivity contribution is 7.51. The maximum atomic E-state index is 11.3. The number of anilines is 1. The first-order valence-electron chi connectivity index (χ1n) is 7.71. The van der Waals surface area contributed by atoms with E-state index in [9.17, 15) is 14.4 Å². The molecular formula is C15H19N6O3P. The van der Waals surface area contributed by atoms with Gasteiger partial charge in [0.15, 0.2) is 17.0 Å². The molecule has 1 aromatic carbocycles. The molecule has 9 nitrogen and oxygen atoms in total. The number of nitrogen functional groups attached to an aromatic ring is 1. The summed E-state index contributed by atoms with van der Waals surface area (Å²) in [4.78, 5) is 30.8. The van der Waals surface area contributed by atoms with Gasteiger partial charge in [0.25, 0.3) is 0 Å². The smallest absolute Gasteiger partial charge is 0.327 e. The first-order chi connectivity index (χ1) is 11.9. The maximum absolute atomic E-state index is 11.3. The Morgan fingerprint density at radius 2 is 1.88 bits per heavy atom. The van der Waals surface area contributed by atoms with Crippen LogP contribution in [0.4, 0.5) is 5.82 Å². The van der Waals surface area contributed by atoms with Gasteiger partial charge in [-0.25, -0.2) is 19.6 Å². The number of hydrogen-bond donors (Lipinski definition) is 3. The van der Waals surface area contributed by atoms with Gasteiger partial charge >= 0.3 is 7.60 Å². The summed E-state index contributed by atoms with van der Waals surface area (Å²) in [6, 6.07) is 9.87. The Bertz CT molecular complexity index is 895. The molecule has 3 aromatic rings. The number of nitrogens with two attached hydrogens (primary N) is 1. The largest absolute Gasteiger partial charge is 0.382 e. The van der Waals surface area contributed by atoms with E-state index in [1.165, 1.54) is 6.33 Å². The molecule has 0 aliphatic carbocycles. The van der Waals surface area contributed by atoms with Gasteiger partial charge in [0.2, 0.25) is 0 Å². The van der Waals surface area contributed by atoms with Crippen molar-refractivity contribution in [1.29, 1.82) is 0 Å². The average molecular weight is 362 g/mol. The number of imidazole rings is 1. The molecule has 0 saturated heterocycles.